The Morgan fingerprint density at radius 2 is 1.41 bits per heavy atom. The van der Waals surface area contributed by atoms with Gasteiger partial charge in [-0.15, -0.1) is 0 Å². The van der Waals surface area contributed by atoms with Crippen molar-refractivity contribution < 1.29 is 67.5 Å². The molecule has 4 aliphatic rings. The number of amides is 1. The van der Waals surface area contributed by atoms with Crippen LogP contribution in [0.2, 0.25) is 0 Å². The summed E-state index contributed by atoms with van der Waals surface area (Å²) in [4.78, 5) is 97.8. The molecule has 1 unspecified atom stereocenters. The number of rotatable bonds is 11. The molecule has 0 spiro atoms. The molecule has 3 aromatic rings. The number of nitrogens with one attached hydrogen (secondary N) is 1. The van der Waals surface area contributed by atoms with Crippen LogP contribution in [0.4, 0.5) is 0 Å². The minimum atomic E-state index is -2.15. The number of fused-ring (bicyclic) bond motifs is 4. The van der Waals surface area contributed by atoms with Gasteiger partial charge in [0.05, 0.1) is 41.1 Å². The smallest absolute Gasteiger partial charge is 0.338 e. The highest BCUT2D eigenvalue weighted by molar-refractivity contribution is 6.00. The van der Waals surface area contributed by atoms with Crippen molar-refractivity contribution in [1.82, 2.24) is 5.32 Å². The van der Waals surface area contributed by atoms with Crippen LogP contribution in [0.1, 0.15) is 79.8 Å². The highest BCUT2D eigenvalue weighted by atomic mass is 16.6. The number of ether oxygens (including phenoxy) is 5. The Balaban J connectivity index is 1.37. The lowest BCUT2D eigenvalue weighted by Gasteiger charge is -2.63. The summed E-state index contributed by atoms with van der Waals surface area (Å²) in [6, 6.07) is 22.8. The van der Waals surface area contributed by atoms with Gasteiger partial charge in [-0.05, 0) is 61.7 Å². The molecule has 1 amide bonds. The van der Waals surface area contributed by atoms with E-state index >= 15 is 4.79 Å². The third-order valence-electron chi connectivity index (χ3n) is 12.9. The van der Waals surface area contributed by atoms with Crippen molar-refractivity contribution in [2.45, 2.75) is 95.7 Å². The summed E-state index contributed by atoms with van der Waals surface area (Å²) in [5.74, 6) is -7.56. The third kappa shape index (κ3) is 7.23. The molecule has 3 aromatic carbocycles. The maximum atomic E-state index is 15.3. The van der Waals surface area contributed by atoms with Gasteiger partial charge in [0, 0.05) is 32.3 Å². The van der Waals surface area contributed by atoms with Gasteiger partial charge in [0.15, 0.2) is 23.6 Å². The van der Waals surface area contributed by atoms with Crippen LogP contribution >= 0.6 is 0 Å². The van der Waals surface area contributed by atoms with Crippen LogP contribution in [-0.2, 0) is 47.7 Å². The Morgan fingerprint density at radius 1 is 0.820 bits per heavy atom. The first-order chi connectivity index (χ1) is 29.0. The van der Waals surface area contributed by atoms with E-state index in [0.717, 1.165) is 13.8 Å². The SMILES string of the molecule is CC(=O)O[C@H]1C(=O)[C@@]2(C)C([C@H](OC(=O)c3ccccc3)[C@]3(C(C)=O)C[C@H](OC(=O)[C@H](O)[C@@H](NC(=O)c4ccccc4)c4ccccc4)C(C)=C13)[C@]1(OC(C)=O)CO[C@@H]1C[C@@H]2O. The van der Waals surface area contributed by atoms with E-state index in [0.29, 0.717) is 5.56 Å². The molecule has 3 aliphatic carbocycles. The molecule has 3 fully saturated rings. The van der Waals surface area contributed by atoms with E-state index in [1.54, 1.807) is 78.9 Å². The van der Waals surface area contributed by atoms with Gasteiger partial charge in [-0.3, -0.25) is 24.0 Å². The molecule has 3 N–H and O–H groups in total. The number of carbonyl (C=O) groups is 7. The van der Waals surface area contributed by atoms with Crippen molar-refractivity contribution in [2.75, 3.05) is 6.61 Å². The van der Waals surface area contributed by atoms with E-state index in [4.69, 9.17) is 23.7 Å². The molecule has 1 heterocycles. The Kier molecular flexibility index (Phi) is 11.6. The van der Waals surface area contributed by atoms with Gasteiger partial charge in [-0.25, -0.2) is 9.59 Å². The summed E-state index contributed by atoms with van der Waals surface area (Å²) in [6.45, 7) is 5.94. The molecule has 2 saturated carbocycles. The standard InChI is InChI=1S/C46H47NO14/c1-24-31(59-43(56)36(52)35(28-15-9-6-10-16-28)47-41(54)29-17-11-7-12-18-29)22-45(25(2)48)34(24)37(58-26(3)49)39(53)44(5)32(51)21-33-46(23-57-33,61-27(4)50)38(44)40(45)60-42(55)30-19-13-8-14-20-30/h6-20,31-33,35-38,40,51-52H,21-23H2,1-5H3,(H,47,54)/t31-,32-,33+,35-,36+,37+,38?,40-,44+,45-,46-/m0/s1. The van der Waals surface area contributed by atoms with Crippen molar-refractivity contribution in [2.24, 2.45) is 16.7 Å². The first-order valence-corrected chi connectivity index (χ1v) is 20.0. The number of aliphatic hydroxyl groups excluding tert-OH is 2. The van der Waals surface area contributed by atoms with Crippen LogP contribution in [0.3, 0.4) is 0 Å². The highest BCUT2D eigenvalue weighted by Crippen LogP contribution is 2.65. The van der Waals surface area contributed by atoms with Crippen molar-refractivity contribution in [3.63, 3.8) is 0 Å². The van der Waals surface area contributed by atoms with Gasteiger partial charge in [0.1, 0.15) is 24.1 Å². The van der Waals surface area contributed by atoms with Crippen molar-refractivity contribution in [3.05, 3.63) is 119 Å². The molecule has 15 heteroatoms. The quantitative estimate of drug-likeness (QED) is 0.143. The van der Waals surface area contributed by atoms with Crippen LogP contribution in [0.15, 0.2) is 102 Å². The van der Waals surface area contributed by atoms with Gasteiger partial charge in [0.2, 0.25) is 0 Å². The number of esters is 4. The zero-order valence-corrected chi connectivity index (χ0v) is 34.2. The number of hydrogen-bond acceptors (Lipinski definition) is 14. The fourth-order valence-corrected chi connectivity index (χ4v) is 9.92. The molecular weight excluding hydrogens is 790 g/mol. The van der Waals surface area contributed by atoms with Gasteiger partial charge in [0.25, 0.3) is 5.91 Å². The second kappa shape index (κ2) is 16.4. The van der Waals surface area contributed by atoms with E-state index < -0.39 is 113 Å². The largest absolute Gasteiger partial charge is 0.457 e. The minimum Gasteiger partial charge on any atom is -0.457 e. The summed E-state index contributed by atoms with van der Waals surface area (Å²) < 4.78 is 30.2. The van der Waals surface area contributed by atoms with Crippen LogP contribution in [0.25, 0.3) is 0 Å². The topological polar surface area (TPSA) is 218 Å². The fraction of sp³-hybridized carbons (Fsp3) is 0.413. The van der Waals surface area contributed by atoms with E-state index in [9.17, 15) is 39.0 Å². The zero-order chi connectivity index (χ0) is 44.0. The molecule has 0 radical (unpaired) electrons. The predicted octanol–water partition coefficient (Wildman–Crippen LogP) is 3.55. The molecule has 0 bridgehead atoms. The number of Topliss-reactive ketones (excluding diaryl/α,β-unsaturated/α-hetero) is 2. The molecular formula is C46H47NO14. The summed E-state index contributed by atoms with van der Waals surface area (Å²) in [6.07, 6.45) is -10.4. The molecule has 61 heavy (non-hydrogen) atoms. The Hall–Kier alpha value is -6.03. The number of hydrogen-bond donors (Lipinski definition) is 3. The summed E-state index contributed by atoms with van der Waals surface area (Å²) >= 11 is 0. The molecule has 15 nitrogen and oxygen atoms in total. The minimum absolute atomic E-state index is 0.0603. The third-order valence-corrected chi connectivity index (χ3v) is 12.9. The van der Waals surface area contributed by atoms with Crippen molar-refractivity contribution >= 4 is 41.4 Å². The Labute approximate surface area is 351 Å². The first kappa shape index (κ1) is 43.1. The van der Waals surface area contributed by atoms with E-state index in [1.165, 1.54) is 32.9 Å². The number of benzene rings is 3. The Bertz CT molecular complexity index is 2280. The van der Waals surface area contributed by atoms with Crippen molar-refractivity contribution in [1.29, 1.82) is 0 Å². The normalized spacial score (nSPS) is 31.0. The fourth-order valence-electron chi connectivity index (χ4n) is 9.92. The van der Waals surface area contributed by atoms with E-state index in [1.807, 2.05) is 0 Å². The highest BCUT2D eigenvalue weighted by Gasteiger charge is 2.79. The molecule has 7 rings (SSSR count). The lowest BCUT2D eigenvalue weighted by molar-refractivity contribution is -0.332. The number of carbonyl (C=O) groups excluding carboxylic acids is 7. The summed E-state index contributed by atoms with van der Waals surface area (Å²) in [5, 5.41) is 26.4. The zero-order valence-electron chi connectivity index (χ0n) is 34.2. The van der Waals surface area contributed by atoms with Crippen LogP contribution in [-0.4, -0.2) is 100 Å². The average molecular weight is 838 g/mol. The van der Waals surface area contributed by atoms with Gasteiger partial charge < -0.3 is 39.2 Å². The van der Waals surface area contributed by atoms with Crippen LogP contribution < -0.4 is 5.32 Å². The van der Waals surface area contributed by atoms with E-state index in [2.05, 4.69) is 5.32 Å². The van der Waals surface area contributed by atoms with Crippen LogP contribution in [0.5, 0.6) is 0 Å². The lowest BCUT2D eigenvalue weighted by Crippen LogP contribution is -2.78. The summed E-state index contributed by atoms with van der Waals surface area (Å²) in [5.41, 5.74) is -5.30. The molecule has 11 atom stereocenters. The van der Waals surface area contributed by atoms with E-state index in [-0.39, 0.29) is 35.3 Å². The maximum absolute atomic E-state index is 15.3. The summed E-state index contributed by atoms with van der Waals surface area (Å²) in [7, 11) is 0. The Morgan fingerprint density at radius 3 is 1.95 bits per heavy atom. The second-order valence-electron chi connectivity index (χ2n) is 16.3. The number of aliphatic hydroxyl groups is 2. The number of ketones is 2. The van der Waals surface area contributed by atoms with Gasteiger partial charge in [-0.2, -0.15) is 0 Å². The average Bonchev–Trinajstić information content (AvgIpc) is 3.50. The monoisotopic (exact) mass is 837 g/mol. The maximum Gasteiger partial charge on any atom is 0.338 e. The lowest BCUT2D eigenvalue weighted by atomic mass is 9.51. The molecule has 320 valence electrons. The van der Waals surface area contributed by atoms with Crippen LogP contribution in [0, 0.1) is 16.7 Å². The first-order valence-electron chi connectivity index (χ1n) is 20.0. The predicted molar refractivity (Wildman–Crippen MR) is 212 cm³/mol. The van der Waals surface area contributed by atoms with Gasteiger partial charge in [-0.1, -0.05) is 66.7 Å². The van der Waals surface area contributed by atoms with Gasteiger partial charge >= 0.3 is 23.9 Å². The molecule has 0 aromatic heterocycles. The second-order valence-corrected chi connectivity index (χ2v) is 16.3. The molecule has 1 aliphatic heterocycles. The van der Waals surface area contributed by atoms with Crippen molar-refractivity contribution in [3.8, 4) is 0 Å². The molecule has 1 saturated heterocycles.